The van der Waals surface area contributed by atoms with Crippen molar-refractivity contribution in [2.24, 2.45) is 5.73 Å². The predicted molar refractivity (Wildman–Crippen MR) is 48.1 cm³/mol. The van der Waals surface area contributed by atoms with Crippen LogP contribution in [0.15, 0.2) is 0 Å². The summed E-state index contributed by atoms with van der Waals surface area (Å²) < 4.78 is 0. The molecule has 0 fully saturated rings. The lowest BCUT2D eigenvalue weighted by atomic mass is 10.3. The number of hydrogen-bond donors (Lipinski definition) is 2. The van der Waals surface area contributed by atoms with Crippen molar-refractivity contribution >= 4 is 24.8 Å². The van der Waals surface area contributed by atoms with Crippen LogP contribution in [0.2, 0.25) is 0 Å². The molecule has 0 aliphatic rings. The summed E-state index contributed by atoms with van der Waals surface area (Å²) in [5.74, 6) is 0. The second-order valence-electron chi connectivity index (χ2n) is 2.04. The second kappa shape index (κ2) is 9.46. The molecule has 0 aromatic heterocycles. The van der Waals surface area contributed by atoms with Crippen LogP contribution >= 0.6 is 24.8 Å². The van der Waals surface area contributed by atoms with Gasteiger partial charge in [-0.25, -0.2) is 0 Å². The van der Waals surface area contributed by atoms with Gasteiger partial charge in [0.25, 0.3) is 0 Å². The first-order valence-corrected chi connectivity index (χ1v) is 2.69. The summed E-state index contributed by atoms with van der Waals surface area (Å²) in [7, 11) is 3.79. The summed E-state index contributed by atoms with van der Waals surface area (Å²) in [6.07, 6.45) is 0. The first kappa shape index (κ1) is 16.8. The van der Waals surface area contributed by atoms with Crippen LogP contribution in [0.4, 0.5) is 0 Å². The molecule has 3 N–H and O–H groups in total. The van der Waals surface area contributed by atoms with Gasteiger partial charge >= 0.3 is 0 Å². The maximum absolute atomic E-state index is 8.57. The van der Waals surface area contributed by atoms with E-state index in [9.17, 15) is 0 Å². The molecule has 66 valence electrons. The molecular weight excluding hydrogens is 175 g/mol. The number of nitrogens with zero attached hydrogens (tertiary/aromatic N) is 1. The van der Waals surface area contributed by atoms with Gasteiger partial charge in [0.15, 0.2) is 0 Å². The van der Waals surface area contributed by atoms with Gasteiger partial charge in [-0.15, -0.1) is 24.8 Å². The van der Waals surface area contributed by atoms with E-state index in [2.05, 4.69) is 0 Å². The van der Waals surface area contributed by atoms with E-state index in [-0.39, 0.29) is 37.5 Å². The molecule has 0 saturated heterocycles. The highest BCUT2D eigenvalue weighted by Crippen LogP contribution is 1.85. The fraction of sp³-hybridized carbons (Fsp3) is 1.00. The van der Waals surface area contributed by atoms with Crippen molar-refractivity contribution in [2.75, 3.05) is 27.2 Å². The Balaban J connectivity index is -0.000000245. The van der Waals surface area contributed by atoms with Crippen LogP contribution in [-0.2, 0) is 0 Å². The van der Waals surface area contributed by atoms with Crippen LogP contribution in [0.25, 0.3) is 0 Å². The van der Waals surface area contributed by atoms with Crippen molar-refractivity contribution in [2.45, 2.75) is 6.04 Å². The largest absolute Gasteiger partial charge is 0.395 e. The van der Waals surface area contributed by atoms with Gasteiger partial charge in [-0.1, -0.05) is 0 Å². The Bertz CT molecular complexity index is 59.6. The zero-order chi connectivity index (χ0) is 6.57. The lowest BCUT2D eigenvalue weighted by Gasteiger charge is -2.19. The van der Waals surface area contributed by atoms with Crippen LogP contribution in [0.1, 0.15) is 0 Å². The van der Waals surface area contributed by atoms with Gasteiger partial charge < -0.3 is 15.7 Å². The maximum atomic E-state index is 8.57. The van der Waals surface area contributed by atoms with E-state index >= 15 is 0 Å². The molecule has 0 spiro atoms. The highest BCUT2D eigenvalue weighted by molar-refractivity contribution is 5.85. The Hall–Kier alpha value is 0.460. The van der Waals surface area contributed by atoms with Crippen LogP contribution in [0, 0.1) is 0 Å². The molecule has 0 aromatic rings. The first-order chi connectivity index (χ1) is 3.72. The molecule has 0 bridgehead atoms. The Kier molecular flexibility index (Phi) is 15.9. The van der Waals surface area contributed by atoms with Gasteiger partial charge in [0.05, 0.1) is 6.61 Å². The lowest BCUT2D eigenvalue weighted by molar-refractivity contribution is 0.174. The molecule has 0 aliphatic carbocycles. The van der Waals surface area contributed by atoms with E-state index in [0.29, 0.717) is 6.54 Å². The Morgan fingerprint density at radius 3 is 1.80 bits per heavy atom. The van der Waals surface area contributed by atoms with Crippen molar-refractivity contribution in [3.63, 3.8) is 0 Å². The molecule has 0 heterocycles. The predicted octanol–water partition coefficient (Wildman–Crippen LogP) is -0.289. The monoisotopic (exact) mass is 190 g/mol. The van der Waals surface area contributed by atoms with Gasteiger partial charge in [-0.2, -0.15) is 0 Å². The van der Waals surface area contributed by atoms with Gasteiger partial charge in [0.1, 0.15) is 0 Å². The summed E-state index contributed by atoms with van der Waals surface area (Å²) in [4.78, 5) is 1.90. The van der Waals surface area contributed by atoms with Crippen molar-refractivity contribution in [1.29, 1.82) is 0 Å². The van der Waals surface area contributed by atoms with Gasteiger partial charge in [0.2, 0.25) is 0 Å². The smallest absolute Gasteiger partial charge is 0.0598 e. The van der Waals surface area contributed by atoms with Crippen LogP contribution < -0.4 is 5.73 Å². The van der Waals surface area contributed by atoms with Crippen molar-refractivity contribution in [3.05, 3.63) is 0 Å². The molecule has 0 amide bonds. The lowest BCUT2D eigenvalue weighted by Crippen LogP contribution is -2.37. The normalized spacial score (nSPS) is 11.7. The van der Waals surface area contributed by atoms with Crippen LogP contribution in [0.3, 0.4) is 0 Å². The third-order valence-electron chi connectivity index (χ3n) is 1.21. The molecule has 0 unspecified atom stereocenters. The topological polar surface area (TPSA) is 49.5 Å². The SMILES string of the molecule is CN(C)[C@H](CN)CO.Cl.Cl. The molecule has 0 radical (unpaired) electrons. The third kappa shape index (κ3) is 6.58. The average Bonchev–Trinajstić information content (AvgIpc) is 1.69. The summed E-state index contributed by atoms with van der Waals surface area (Å²) in [6, 6.07) is 0.120. The highest BCUT2D eigenvalue weighted by Gasteiger charge is 2.04. The van der Waals surface area contributed by atoms with E-state index in [0.717, 1.165) is 0 Å². The number of halogens is 2. The quantitative estimate of drug-likeness (QED) is 0.644. The minimum absolute atomic E-state index is 0. The standard InChI is InChI=1S/C5H14N2O.2ClH/c1-7(2)5(3-6)4-8;;/h5,8H,3-4,6H2,1-2H3;2*1H/t5-;;/m1../s1. The number of hydrogen-bond acceptors (Lipinski definition) is 3. The van der Waals surface area contributed by atoms with Gasteiger partial charge in [0, 0.05) is 12.6 Å². The van der Waals surface area contributed by atoms with Crippen molar-refractivity contribution in [3.8, 4) is 0 Å². The number of aliphatic hydroxyl groups excluding tert-OH is 1. The Morgan fingerprint density at radius 1 is 1.40 bits per heavy atom. The third-order valence-corrected chi connectivity index (χ3v) is 1.21. The summed E-state index contributed by atoms with van der Waals surface area (Å²) in [6.45, 7) is 0.660. The van der Waals surface area contributed by atoms with Gasteiger partial charge in [-0.05, 0) is 14.1 Å². The molecule has 10 heavy (non-hydrogen) atoms. The van der Waals surface area contributed by atoms with E-state index in [1.165, 1.54) is 0 Å². The van der Waals surface area contributed by atoms with E-state index in [1.807, 2.05) is 19.0 Å². The Morgan fingerprint density at radius 2 is 1.80 bits per heavy atom. The number of aliphatic hydroxyl groups is 1. The van der Waals surface area contributed by atoms with E-state index in [4.69, 9.17) is 10.8 Å². The number of likely N-dealkylation sites (N-methyl/N-ethyl adjacent to an activating group) is 1. The van der Waals surface area contributed by atoms with Crippen molar-refractivity contribution in [1.82, 2.24) is 4.90 Å². The fourth-order valence-corrected chi connectivity index (χ4v) is 0.449. The highest BCUT2D eigenvalue weighted by atomic mass is 35.5. The van der Waals surface area contributed by atoms with Crippen LogP contribution in [0.5, 0.6) is 0 Å². The fourth-order valence-electron chi connectivity index (χ4n) is 0.449. The molecule has 3 nitrogen and oxygen atoms in total. The molecule has 0 aromatic carbocycles. The molecular formula is C5H16Cl2N2O. The molecule has 0 aliphatic heterocycles. The van der Waals surface area contributed by atoms with Crippen LogP contribution in [-0.4, -0.2) is 43.3 Å². The van der Waals surface area contributed by atoms with E-state index < -0.39 is 0 Å². The minimum Gasteiger partial charge on any atom is -0.395 e. The summed E-state index contributed by atoms with van der Waals surface area (Å²) in [5, 5.41) is 8.57. The van der Waals surface area contributed by atoms with Crippen molar-refractivity contribution < 1.29 is 5.11 Å². The second-order valence-corrected chi connectivity index (χ2v) is 2.04. The van der Waals surface area contributed by atoms with E-state index in [1.54, 1.807) is 0 Å². The summed E-state index contributed by atoms with van der Waals surface area (Å²) in [5.41, 5.74) is 5.28. The maximum Gasteiger partial charge on any atom is 0.0598 e. The molecule has 0 saturated carbocycles. The number of nitrogens with two attached hydrogens (primary N) is 1. The zero-order valence-corrected chi connectivity index (χ0v) is 7.91. The zero-order valence-electron chi connectivity index (χ0n) is 6.28. The first-order valence-electron chi connectivity index (χ1n) is 2.69. The van der Waals surface area contributed by atoms with Gasteiger partial charge in [-0.3, -0.25) is 0 Å². The molecule has 0 rings (SSSR count). The average molecular weight is 191 g/mol. The minimum atomic E-state index is 0. The Labute approximate surface area is 74.4 Å². The number of rotatable bonds is 3. The molecule has 1 atom stereocenters. The summed E-state index contributed by atoms with van der Waals surface area (Å²) >= 11 is 0. The molecule has 5 heteroatoms.